The summed E-state index contributed by atoms with van der Waals surface area (Å²) in [5.41, 5.74) is 4.53. The first kappa shape index (κ1) is 21.4. The van der Waals surface area contributed by atoms with E-state index in [1.165, 1.54) is 16.7 Å². The van der Waals surface area contributed by atoms with Crippen LogP contribution in [0.1, 0.15) is 29.5 Å². The van der Waals surface area contributed by atoms with Gasteiger partial charge in [0.2, 0.25) is 11.8 Å². The summed E-state index contributed by atoms with van der Waals surface area (Å²) in [6.07, 6.45) is 7.29. The molecule has 1 heterocycles. The Kier molecular flexibility index (Phi) is 6.47. The molecule has 1 aliphatic rings. The van der Waals surface area contributed by atoms with E-state index in [0.717, 1.165) is 25.1 Å². The third kappa shape index (κ3) is 5.14. The molecule has 0 fully saturated rings. The summed E-state index contributed by atoms with van der Waals surface area (Å²) in [6.45, 7) is 1.51. The lowest BCUT2D eigenvalue weighted by molar-refractivity contribution is 0.177. The molecule has 1 atom stereocenters. The Labute approximate surface area is 198 Å². The van der Waals surface area contributed by atoms with Crippen LogP contribution in [0.2, 0.25) is 5.02 Å². The Balaban J connectivity index is 1.53. The Morgan fingerprint density at radius 2 is 1.55 bits per heavy atom. The summed E-state index contributed by atoms with van der Waals surface area (Å²) >= 11 is 6.18. The summed E-state index contributed by atoms with van der Waals surface area (Å²) in [6, 6.07) is 28.4. The summed E-state index contributed by atoms with van der Waals surface area (Å²) in [5, 5.41) is 9.51. The van der Waals surface area contributed by atoms with Gasteiger partial charge in [0.1, 0.15) is 6.04 Å². The number of aromatic nitrogens is 2. The summed E-state index contributed by atoms with van der Waals surface area (Å²) < 4.78 is 6.26. The molecule has 0 saturated heterocycles. The number of hydrogen-bond acceptors (Lipinski definition) is 4. The molecule has 0 amide bonds. The molecule has 164 valence electrons. The summed E-state index contributed by atoms with van der Waals surface area (Å²) in [5.74, 6) is 1.07. The zero-order valence-corrected chi connectivity index (χ0v) is 18.9. The van der Waals surface area contributed by atoms with Crippen molar-refractivity contribution in [1.82, 2.24) is 15.1 Å². The molecule has 0 N–H and O–H groups in total. The number of rotatable bonds is 8. The molecule has 0 radical (unpaired) electrons. The van der Waals surface area contributed by atoms with Crippen molar-refractivity contribution >= 4 is 11.6 Å². The van der Waals surface area contributed by atoms with Gasteiger partial charge < -0.3 is 4.42 Å². The van der Waals surface area contributed by atoms with Crippen LogP contribution < -0.4 is 0 Å². The SMILES string of the molecule is Clc1cccc(-c2nnc(C(C3=CC=CC3)N(Cc3ccccc3)Cc3ccccc3)o2)c1. The lowest BCUT2D eigenvalue weighted by atomic mass is 10.0. The van der Waals surface area contributed by atoms with Gasteiger partial charge in [0.25, 0.3) is 0 Å². The minimum atomic E-state index is -0.138. The molecule has 4 nitrogen and oxygen atoms in total. The molecule has 4 aromatic rings. The third-order valence-corrected chi connectivity index (χ3v) is 5.95. The fraction of sp³-hybridized carbons (Fsp3) is 0.143. The van der Waals surface area contributed by atoms with Gasteiger partial charge in [0, 0.05) is 23.7 Å². The molecule has 5 rings (SSSR count). The van der Waals surface area contributed by atoms with Crippen molar-refractivity contribution in [3.05, 3.63) is 131 Å². The highest BCUT2D eigenvalue weighted by Gasteiger charge is 2.30. The molecule has 0 saturated carbocycles. The molecule has 0 aliphatic heterocycles. The van der Waals surface area contributed by atoms with Crippen LogP contribution in [-0.2, 0) is 13.1 Å². The zero-order chi connectivity index (χ0) is 22.5. The van der Waals surface area contributed by atoms with E-state index < -0.39 is 0 Å². The topological polar surface area (TPSA) is 42.2 Å². The van der Waals surface area contributed by atoms with Crippen LogP contribution >= 0.6 is 11.6 Å². The number of halogens is 1. The fourth-order valence-corrected chi connectivity index (χ4v) is 4.36. The second-order valence-corrected chi connectivity index (χ2v) is 8.54. The van der Waals surface area contributed by atoms with Crippen molar-refractivity contribution in [2.45, 2.75) is 25.6 Å². The highest BCUT2D eigenvalue weighted by atomic mass is 35.5. The van der Waals surface area contributed by atoms with Gasteiger partial charge in [-0.25, -0.2) is 0 Å². The first-order valence-electron chi connectivity index (χ1n) is 11.0. The quantitative estimate of drug-likeness (QED) is 0.287. The van der Waals surface area contributed by atoms with Crippen molar-refractivity contribution in [2.24, 2.45) is 0 Å². The second-order valence-electron chi connectivity index (χ2n) is 8.11. The maximum absolute atomic E-state index is 6.26. The van der Waals surface area contributed by atoms with E-state index in [2.05, 4.69) is 81.9 Å². The van der Waals surface area contributed by atoms with Crippen molar-refractivity contribution in [3.63, 3.8) is 0 Å². The Bertz CT molecular complexity index is 1220. The molecule has 33 heavy (non-hydrogen) atoms. The van der Waals surface area contributed by atoms with Gasteiger partial charge in [-0.05, 0) is 41.3 Å². The van der Waals surface area contributed by atoms with Crippen LogP contribution in [0.25, 0.3) is 11.5 Å². The van der Waals surface area contributed by atoms with E-state index in [4.69, 9.17) is 16.0 Å². The predicted molar refractivity (Wildman–Crippen MR) is 131 cm³/mol. The molecular weight excluding hydrogens is 430 g/mol. The van der Waals surface area contributed by atoms with Gasteiger partial charge in [0.05, 0.1) is 0 Å². The van der Waals surface area contributed by atoms with Crippen molar-refractivity contribution in [1.29, 1.82) is 0 Å². The van der Waals surface area contributed by atoms with Crippen molar-refractivity contribution in [3.8, 4) is 11.5 Å². The van der Waals surface area contributed by atoms with Crippen molar-refractivity contribution < 1.29 is 4.42 Å². The number of benzene rings is 3. The first-order chi connectivity index (χ1) is 16.3. The normalized spacial score (nSPS) is 13.9. The molecule has 3 aromatic carbocycles. The lowest BCUT2D eigenvalue weighted by Gasteiger charge is -2.31. The Morgan fingerprint density at radius 1 is 0.848 bits per heavy atom. The molecule has 0 spiro atoms. The van der Waals surface area contributed by atoms with Crippen LogP contribution in [0.5, 0.6) is 0 Å². The zero-order valence-electron chi connectivity index (χ0n) is 18.1. The van der Waals surface area contributed by atoms with E-state index in [9.17, 15) is 0 Å². The van der Waals surface area contributed by atoms with Crippen LogP contribution in [0.3, 0.4) is 0 Å². The maximum atomic E-state index is 6.26. The standard InChI is InChI=1S/C28H24ClN3O/c29-25-17-9-16-24(18-25)27-30-31-28(33-27)26(23-14-7-8-15-23)32(19-21-10-3-1-4-11-21)20-22-12-5-2-6-13-22/h1-14,16-18,26H,15,19-20H2. The van der Waals surface area contributed by atoms with Crippen molar-refractivity contribution in [2.75, 3.05) is 0 Å². The molecule has 1 unspecified atom stereocenters. The molecule has 1 aromatic heterocycles. The summed E-state index contributed by atoms with van der Waals surface area (Å²) in [4.78, 5) is 2.40. The molecular formula is C28H24ClN3O. The highest BCUT2D eigenvalue weighted by Crippen LogP contribution is 2.36. The number of hydrogen-bond donors (Lipinski definition) is 0. The minimum absolute atomic E-state index is 0.138. The van der Waals surface area contributed by atoms with Gasteiger partial charge in [-0.1, -0.05) is 96.6 Å². The van der Waals surface area contributed by atoms with Gasteiger partial charge in [-0.15, -0.1) is 10.2 Å². The maximum Gasteiger partial charge on any atom is 0.247 e. The van der Waals surface area contributed by atoms with Gasteiger partial charge >= 0.3 is 0 Å². The van der Waals surface area contributed by atoms with Crippen LogP contribution in [0.15, 0.2) is 113 Å². The first-order valence-corrected chi connectivity index (χ1v) is 11.4. The number of nitrogens with zero attached hydrogens (tertiary/aromatic N) is 3. The van der Waals surface area contributed by atoms with E-state index in [1.807, 2.05) is 36.4 Å². The van der Waals surface area contributed by atoms with E-state index in [0.29, 0.717) is 16.8 Å². The molecule has 5 heteroatoms. The summed E-state index contributed by atoms with van der Waals surface area (Å²) in [7, 11) is 0. The van der Waals surface area contributed by atoms with Crippen LogP contribution in [-0.4, -0.2) is 15.1 Å². The molecule has 1 aliphatic carbocycles. The van der Waals surface area contributed by atoms with Crippen LogP contribution in [0.4, 0.5) is 0 Å². The number of allylic oxidation sites excluding steroid dienone is 3. The second kappa shape index (κ2) is 9.99. The largest absolute Gasteiger partial charge is 0.419 e. The predicted octanol–water partition coefficient (Wildman–Crippen LogP) is 7.02. The van der Waals surface area contributed by atoms with Crippen LogP contribution in [0, 0.1) is 0 Å². The van der Waals surface area contributed by atoms with Gasteiger partial charge in [-0.2, -0.15) is 0 Å². The smallest absolute Gasteiger partial charge is 0.247 e. The van der Waals surface area contributed by atoms with E-state index >= 15 is 0 Å². The van der Waals surface area contributed by atoms with E-state index in [1.54, 1.807) is 0 Å². The third-order valence-electron chi connectivity index (χ3n) is 5.72. The average Bonchev–Trinajstić information content (AvgIpc) is 3.54. The minimum Gasteiger partial charge on any atom is -0.419 e. The Morgan fingerprint density at radius 3 is 2.15 bits per heavy atom. The van der Waals surface area contributed by atoms with Gasteiger partial charge in [-0.3, -0.25) is 4.90 Å². The average molecular weight is 454 g/mol. The lowest BCUT2D eigenvalue weighted by Crippen LogP contribution is -2.29. The molecule has 0 bridgehead atoms. The fourth-order valence-electron chi connectivity index (χ4n) is 4.17. The van der Waals surface area contributed by atoms with E-state index in [-0.39, 0.29) is 6.04 Å². The van der Waals surface area contributed by atoms with Gasteiger partial charge in [0.15, 0.2) is 0 Å². The Hall–Kier alpha value is -3.47. The highest BCUT2D eigenvalue weighted by molar-refractivity contribution is 6.30. The monoisotopic (exact) mass is 453 g/mol.